The summed E-state index contributed by atoms with van der Waals surface area (Å²) in [5.41, 5.74) is 0. The van der Waals surface area contributed by atoms with Gasteiger partial charge in [-0.2, -0.15) is 0 Å². The van der Waals surface area contributed by atoms with Crippen LogP contribution in [0.3, 0.4) is 0 Å². The first kappa shape index (κ1) is 12.0. The van der Waals surface area contributed by atoms with Gasteiger partial charge in [0.15, 0.2) is 11.6 Å². The van der Waals surface area contributed by atoms with Crippen LogP contribution in [-0.4, -0.2) is 28.6 Å². The lowest BCUT2D eigenvalue weighted by Gasteiger charge is -2.05. The zero-order valence-corrected chi connectivity index (χ0v) is 8.77. The quantitative estimate of drug-likeness (QED) is 0.580. The molecule has 0 aromatic carbocycles. The molecule has 0 saturated carbocycles. The Labute approximate surface area is 92.3 Å². The third kappa shape index (κ3) is 3.56. The molecule has 0 fully saturated rings. The van der Waals surface area contributed by atoms with Gasteiger partial charge in [-0.05, 0) is 19.1 Å². The van der Waals surface area contributed by atoms with Crippen molar-refractivity contribution in [1.82, 2.24) is 4.98 Å². The predicted octanol–water partition coefficient (Wildman–Crippen LogP) is 0.679. The highest BCUT2D eigenvalue weighted by molar-refractivity contribution is 6.01. The second-order valence-corrected chi connectivity index (χ2v) is 2.90. The number of anilines is 1. The van der Waals surface area contributed by atoms with Gasteiger partial charge in [-0.1, -0.05) is 0 Å². The molecule has 6 heteroatoms. The minimum atomic E-state index is -0.615. The number of amides is 1. The predicted molar refractivity (Wildman–Crippen MR) is 55.8 cm³/mol. The first-order chi connectivity index (χ1) is 7.63. The third-order valence-electron chi connectivity index (χ3n) is 1.65. The van der Waals surface area contributed by atoms with Gasteiger partial charge in [0.25, 0.3) is 0 Å². The van der Waals surface area contributed by atoms with Crippen molar-refractivity contribution in [3.8, 4) is 5.75 Å². The fourth-order valence-corrected chi connectivity index (χ4v) is 1.01. The van der Waals surface area contributed by atoms with E-state index >= 15 is 0 Å². The Balaban J connectivity index is 2.52. The third-order valence-corrected chi connectivity index (χ3v) is 1.65. The lowest BCUT2D eigenvalue weighted by molar-refractivity contribution is -0.145. The van der Waals surface area contributed by atoms with Gasteiger partial charge >= 0.3 is 5.97 Å². The van der Waals surface area contributed by atoms with E-state index in [1.165, 1.54) is 18.3 Å². The molecule has 16 heavy (non-hydrogen) atoms. The maximum Gasteiger partial charge on any atom is 0.315 e. The molecule has 1 rings (SSSR count). The number of hydrogen-bond acceptors (Lipinski definition) is 5. The van der Waals surface area contributed by atoms with E-state index in [-0.39, 0.29) is 18.2 Å². The van der Waals surface area contributed by atoms with Crippen molar-refractivity contribution in [2.24, 2.45) is 0 Å². The SMILES string of the molecule is CCOC(=O)CC(=O)Nc1ncccc1O. The zero-order valence-electron chi connectivity index (χ0n) is 8.77. The van der Waals surface area contributed by atoms with Gasteiger partial charge in [0.2, 0.25) is 5.91 Å². The Hall–Kier alpha value is -2.11. The van der Waals surface area contributed by atoms with Crippen molar-refractivity contribution in [3.05, 3.63) is 18.3 Å². The fourth-order valence-electron chi connectivity index (χ4n) is 1.01. The fraction of sp³-hybridized carbons (Fsp3) is 0.300. The van der Waals surface area contributed by atoms with Crippen LogP contribution in [0, 0.1) is 0 Å². The molecular formula is C10H12N2O4. The molecule has 0 atom stereocenters. The minimum absolute atomic E-state index is 0.0248. The molecular weight excluding hydrogens is 212 g/mol. The van der Waals surface area contributed by atoms with Crippen molar-refractivity contribution in [1.29, 1.82) is 0 Å². The summed E-state index contributed by atoms with van der Waals surface area (Å²) in [6.45, 7) is 1.88. The summed E-state index contributed by atoms with van der Waals surface area (Å²) in [4.78, 5) is 26.0. The molecule has 0 bridgehead atoms. The van der Waals surface area contributed by atoms with Crippen molar-refractivity contribution in [2.45, 2.75) is 13.3 Å². The first-order valence-electron chi connectivity index (χ1n) is 4.73. The number of esters is 1. The average molecular weight is 224 g/mol. The van der Waals surface area contributed by atoms with E-state index in [4.69, 9.17) is 0 Å². The molecule has 0 unspecified atom stereocenters. The number of carbonyl (C=O) groups excluding carboxylic acids is 2. The molecule has 1 aromatic heterocycles. The maximum absolute atomic E-state index is 11.3. The van der Waals surface area contributed by atoms with Crippen molar-refractivity contribution in [3.63, 3.8) is 0 Å². The Morgan fingerprint density at radius 2 is 2.31 bits per heavy atom. The topological polar surface area (TPSA) is 88.5 Å². The van der Waals surface area contributed by atoms with E-state index in [9.17, 15) is 14.7 Å². The van der Waals surface area contributed by atoms with Gasteiger partial charge in [0.05, 0.1) is 6.61 Å². The number of ether oxygens (including phenoxy) is 1. The summed E-state index contributed by atoms with van der Waals surface area (Å²) < 4.78 is 4.60. The second-order valence-electron chi connectivity index (χ2n) is 2.90. The van der Waals surface area contributed by atoms with Crippen molar-refractivity contribution >= 4 is 17.7 Å². The van der Waals surface area contributed by atoms with Crippen LogP contribution in [-0.2, 0) is 14.3 Å². The highest BCUT2D eigenvalue weighted by atomic mass is 16.5. The largest absolute Gasteiger partial charge is 0.504 e. The Morgan fingerprint density at radius 3 is 2.94 bits per heavy atom. The van der Waals surface area contributed by atoms with E-state index in [1.807, 2.05) is 0 Å². The molecule has 0 aliphatic heterocycles. The molecule has 1 amide bonds. The normalized spacial score (nSPS) is 9.56. The van der Waals surface area contributed by atoms with Crippen LogP contribution in [0.15, 0.2) is 18.3 Å². The molecule has 6 nitrogen and oxygen atoms in total. The van der Waals surface area contributed by atoms with Crippen LogP contribution in [0.4, 0.5) is 5.82 Å². The summed E-state index contributed by atoms with van der Waals surface area (Å²) in [6.07, 6.45) is 1.02. The summed E-state index contributed by atoms with van der Waals surface area (Å²) in [7, 11) is 0. The minimum Gasteiger partial charge on any atom is -0.504 e. The average Bonchev–Trinajstić information content (AvgIpc) is 2.21. The number of aromatic hydroxyl groups is 1. The van der Waals surface area contributed by atoms with E-state index < -0.39 is 18.3 Å². The van der Waals surface area contributed by atoms with Crippen LogP contribution in [0.25, 0.3) is 0 Å². The van der Waals surface area contributed by atoms with Gasteiger partial charge in [-0.15, -0.1) is 0 Å². The van der Waals surface area contributed by atoms with Crippen molar-refractivity contribution in [2.75, 3.05) is 11.9 Å². The molecule has 86 valence electrons. The second kappa shape index (κ2) is 5.69. The number of aromatic nitrogens is 1. The number of rotatable bonds is 4. The molecule has 0 aliphatic rings. The molecule has 0 spiro atoms. The number of pyridine rings is 1. The van der Waals surface area contributed by atoms with Gasteiger partial charge < -0.3 is 15.2 Å². The van der Waals surface area contributed by atoms with Crippen LogP contribution >= 0.6 is 0 Å². The zero-order chi connectivity index (χ0) is 12.0. The van der Waals surface area contributed by atoms with Gasteiger partial charge in [0.1, 0.15) is 6.42 Å². The van der Waals surface area contributed by atoms with Gasteiger partial charge in [0, 0.05) is 6.20 Å². The van der Waals surface area contributed by atoms with Crippen LogP contribution < -0.4 is 5.32 Å². The van der Waals surface area contributed by atoms with Gasteiger partial charge in [-0.25, -0.2) is 4.98 Å². The summed E-state index contributed by atoms with van der Waals surface area (Å²) >= 11 is 0. The summed E-state index contributed by atoms with van der Waals surface area (Å²) in [5.74, 6) is -1.32. The van der Waals surface area contributed by atoms with E-state index in [1.54, 1.807) is 6.92 Å². The standard InChI is InChI=1S/C10H12N2O4/c1-2-16-9(15)6-8(14)12-10-7(13)4-3-5-11-10/h3-5,13H,2,6H2,1H3,(H,11,12,14). The number of nitrogens with zero attached hydrogens (tertiary/aromatic N) is 1. The summed E-state index contributed by atoms with van der Waals surface area (Å²) in [5, 5.41) is 11.6. The molecule has 2 N–H and O–H groups in total. The first-order valence-corrected chi connectivity index (χ1v) is 4.73. The lowest BCUT2D eigenvalue weighted by atomic mass is 10.3. The molecule has 0 aliphatic carbocycles. The monoisotopic (exact) mass is 224 g/mol. The maximum atomic E-state index is 11.3. The highest BCUT2D eigenvalue weighted by Crippen LogP contribution is 2.18. The number of carbonyl (C=O) groups is 2. The Morgan fingerprint density at radius 1 is 1.56 bits per heavy atom. The molecule has 1 aromatic rings. The molecule has 1 heterocycles. The summed E-state index contributed by atoms with van der Waals surface area (Å²) in [6, 6.07) is 2.91. The Kier molecular flexibility index (Phi) is 4.26. The number of hydrogen-bond donors (Lipinski definition) is 2. The van der Waals surface area contributed by atoms with E-state index in [0.29, 0.717) is 0 Å². The molecule has 0 saturated heterocycles. The van der Waals surface area contributed by atoms with Crippen LogP contribution in [0.1, 0.15) is 13.3 Å². The van der Waals surface area contributed by atoms with Crippen molar-refractivity contribution < 1.29 is 19.4 Å². The smallest absolute Gasteiger partial charge is 0.315 e. The van der Waals surface area contributed by atoms with Gasteiger partial charge in [-0.3, -0.25) is 9.59 Å². The number of nitrogens with one attached hydrogen (secondary N) is 1. The molecule has 0 radical (unpaired) electrons. The van der Waals surface area contributed by atoms with Crippen LogP contribution in [0.5, 0.6) is 5.75 Å². The Bertz CT molecular complexity index is 392. The van der Waals surface area contributed by atoms with E-state index in [0.717, 1.165) is 0 Å². The van der Waals surface area contributed by atoms with Crippen LogP contribution in [0.2, 0.25) is 0 Å². The lowest BCUT2D eigenvalue weighted by Crippen LogP contribution is -2.18. The van der Waals surface area contributed by atoms with E-state index in [2.05, 4.69) is 15.0 Å². The highest BCUT2D eigenvalue weighted by Gasteiger charge is 2.12.